The zero-order valence-electron chi connectivity index (χ0n) is 21.8. The molecule has 38 heavy (non-hydrogen) atoms. The van der Waals surface area contributed by atoms with Gasteiger partial charge in [-0.25, -0.2) is 0 Å². The second-order valence-electron chi connectivity index (χ2n) is 10.8. The number of nitrogen functional groups attached to an aromatic ring is 1. The fraction of sp³-hybridized carbons (Fsp3) is 0.500. The van der Waals surface area contributed by atoms with Crippen LogP contribution in [0.4, 0.5) is 12.0 Å². The fourth-order valence-corrected chi connectivity index (χ4v) is 6.61. The van der Waals surface area contributed by atoms with Crippen LogP contribution in [0.3, 0.4) is 0 Å². The van der Waals surface area contributed by atoms with Crippen LogP contribution in [-0.4, -0.2) is 70.1 Å². The summed E-state index contributed by atoms with van der Waals surface area (Å²) in [4.78, 5) is 28.9. The molecule has 2 fully saturated rings. The van der Waals surface area contributed by atoms with Crippen LogP contribution < -0.4 is 10.6 Å². The number of nitrogens with zero attached hydrogens (tertiary/aromatic N) is 6. The Morgan fingerprint density at radius 3 is 2.58 bits per heavy atom. The number of amides is 1. The Kier molecular flexibility index (Phi) is 7.09. The van der Waals surface area contributed by atoms with Gasteiger partial charge in [0.25, 0.3) is 5.95 Å². The molecule has 1 unspecified atom stereocenters. The highest BCUT2D eigenvalue weighted by Gasteiger charge is 2.34. The predicted molar refractivity (Wildman–Crippen MR) is 149 cm³/mol. The average molecular weight is 581 g/mol. The Balaban J connectivity index is 1.10. The van der Waals surface area contributed by atoms with Crippen molar-refractivity contribution in [2.24, 2.45) is 5.92 Å². The van der Waals surface area contributed by atoms with E-state index in [0.29, 0.717) is 18.4 Å². The van der Waals surface area contributed by atoms with E-state index >= 15 is 0 Å². The van der Waals surface area contributed by atoms with Gasteiger partial charge in [-0.15, -0.1) is 0 Å². The van der Waals surface area contributed by atoms with Gasteiger partial charge in [0, 0.05) is 56.4 Å². The maximum atomic E-state index is 13.2. The topological polar surface area (TPSA) is 105 Å². The second-order valence-corrected chi connectivity index (χ2v) is 11.7. The highest BCUT2D eigenvalue weighted by Crippen LogP contribution is 2.37. The van der Waals surface area contributed by atoms with E-state index in [1.54, 1.807) is 0 Å². The fourth-order valence-electron chi connectivity index (χ4n) is 6.23. The van der Waals surface area contributed by atoms with Crippen LogP contribution in [-0.2, 0) is 17.6 Å². The van der Waals surface area contributed by atoms with Crippen LogP contribution in [0.25, 0.3) is 0 Å². The Morgan fingerprint density at radius 2 is 1.84 bits per heavy atom. The summed E-state index contributed by atoms with van der Waals surface area (Å²) in [5.41, 5.74) is 12.1. The molecule has 0 spiro atoms. The molecule has 1 aromatic carbocycles. The molecule has 2 saturated heterocycles. The zero-order chi connectivity index (χ0) is 26.2. The van der Waals surface area contributed by atoms with E-state index in [1.807, 2.05) is 6.20 Å². The van der Waals surface area contributed by atoms with Crippen molar-refractivity contribution in [1.29, 1.82) is 0 Å². The second kappa shape index (κ2) is 10.6. The van der Waals surface area contributed by atoms with Gasteiger partial charge >= 0.3 is 6.01 Å². The number of rotatable bonds is 4. The number of hydrogen-bond donors (Lipinski definition) is 1. The van der Waals surface area contributed by atoms with E-state index < -0.39 is 0 Å². The molecule has 2 aromatic heterocycles. The molecule has 10 heteroatoms. The van der Waals surface area contributed by atoms with Crippen molar-refractivity contribution in [3.05, 3.63) is 62.9 Å². The minimum atomic E-state index is 0.122. The minimum absolute atomic E-state index is 0.122. The number of fused-ring (bicyclic) bond motifs is 2. The first-order chi connectivity index (χ1) is 18.4. The van der Waals surface area contributed by atoms with Gasteiger partial charge in [-0.2, -0.15) is 4.98 Å². The standard InChI is InChI=1S/C28H34BrN7O2/c1-18-2-5-23-20(14-18)3-4-21-16-22(29)17-31-25(21)26(23)35-12-10-34(11-13-35)24(37)15-19-6-8-36(9-7-19)28-32-27(30)33-38-28/h2,5,14,16-17,19,26H,3-4,6-13,15H2,1H3,(H2,30,33). The van der Waals surface area contributed by atoms with Crippen molar-refractivity contribution in [3.63, 3.8) is 0 Å². The first-order valence-corrected chi connectivity index (χ1v) is 14.3. The van der Waals surface area contributed by atoms with Gasteiger partial charge in [0.05, 0.1) is 11.7 Å². The number of carbonyl (C=O) groups is 1. The van der Waals surface area contributed by atoms with Gasteiger partial charge in [-0.3, -0.25) is 14.7 Å². The zero-order valence-corrected chi connectivity index (χ0v) is 23.4. The van der Waals surface area contributed by atoms with E-state index in [-0.39, 0.29) is 17.9 Å². The van der Waals surface area contributed by atoms with Crippen molar-refractivity contribution in [3.8, 4) is 0 Å². The summed E-state index contributed by atoms with van der Waals surface area (Å²) in [6, 6.07) is 9.67. The van der Waals surface area contributed by atoms with Crippen LogP contribution >= 0.6 is 15.9 Å². The summed E-state index contributed by atoms with van der Waals surface area (Å²) in [6.45, 7) is 6.96. The van der Waals surface area contributed by atoms with Gasteiger partial charge in [0.2, 0.25) is 5.91 Å². The van der Waals surface area contributed by atoms with Crippen LogP contribution in [0, 0.1) is 12.8 Å². The van der Waals surface area contributed by atoms with Crippen LogP contribution in [0.5, 0.6) is 0 Å². The van der Waals surface area contributed by atoms with Gasteiger partial charge in [-0.1, -0.05) is 23.8 Å². The number of benzene rings is 1. The smallest absolute Gasteiger partial charge is 0.325 e. The number of anilines is 2. The van der Waals surface area contributed by atoms with E-state index in [2.05, 4.69) is 72.0 Å². The summed E-state index contributed by atoms with van der Waals surface area (Å²) in [6.07, 6.45) is 6.41. The van der Waals surface area contributed by atoms with Crippen LogP contribution in [0.2, 0.25) is 0 Å². The molecule has 2 aliphatic heterocycles. The number of piperidine rings is 1. The van der Waals surface area contributed by atoms with Crippen molar-refractivity contribution in [2.75, 3.05) is 49.9 Å². The number of nitrogens with two attached hydrogens (primary N) is 1. The third kappa shape index (κ3) is 5.16. The number of hydrogen-bond acceptors (Lipinski definition) is 8. The van der Waals surface area contributed by atoms with Crippen molar-refractivity contribution >= 4 is 33.8 Å². The molecular formula is C28H34BrN7O2. The van der Waals surface area contributed by atoms with Gasteiger partial charge in [-0.05, 0) is 82.4 Å². The first kappa shape index (κ1) is 25.3. The molecule has 2 N–H and O–H groups in total. The van der Waals surface area contributed by atoms with Crippen molar-refractivity contribution < 1.29 is 9.32 Å². The minimum Gasteiger partial charge on any atom is -0.365 e. The number of pyridine rings is 1. The molecule has 0 bridgehead atoms. The van der Waals surface area contributed by atoms with Crippen LogP contribution in [0.1, 0.15) is 53.3 Å². The van der Waals surface area contributed by atoms with Gasteiger partial charge < -0.3 is 20.1 Å². The third-order valence-electron chi connectivity index (χ3n) is 8.30. The number of halogens is 1. The van der Waals surface area contributed by atoms with E-state index in [9.17, 15) is 4.79 Å². The largest absolute Gasteiger partial charge is 0.365 e. The predicted octanol–water partition coefficient (Wildman–Crippen LogP) is 3.76. The quantitative estimate of drug-likeness (QED) is 0.498. The lowest BCUT2D eigenvalue weighted by molar-refractivity contribution is -0.134. The summed E-state index contributed by atoms with van der Waals surface area (Å²) >= 11 is 3.62. The number of carbonyl (C=O) groups excluding carboxylic acids is 1. The summed E-state index contributed by atoms with van der Waals surface area (Å²) in [5.74, 6) is 0.805. The number of aryl methyl sites for hydroxylation is 3. The molecule has 1 aliphatic carbocycles. The highest BCUT2D eigenvalue weighted by atomic mass is 79.9. The highest BCUT2D eigenvalue weighted by molar-refractivity contribution is 9.10. The number of aromatic nitrogens is 3. The van der Waals surface area contributed by atoms with Gasteiger partial charge in [0.15, 0.2) is 0 Å². The van der Waals surface area contributed by atoms with E-state index in [0.717, 1.165) is 75.1 Å². The molecule has 200 valence electrons. The molecule has 1 amide bonds. The van der Waals surface area contributed by atoms with Gasteiger partial charge in [0.1, 0.15) is 0 Å². The first-order valence-electron chi connectivity index (χ1n) is 13.5. The Morgan fingerprint density at radius 1 is 1.08 bits per heavy atom. The lowest BCUT2D eigenvalue weighted by Gasteiger charge is -2.40. The monoisotopic (exact) mass is 579 g/mol. The molecule has 3 aliphatic rings. The third-order valence-corrected chi connectivity index (χ3v) is 8.73. The van der Waals surface area contributed by atoms with E-state index in [4.69, 9.17) is 15.2 Å². The number of piperazine rings is 1. The molecular weight excluding hydrogens is 546 g/mol. The Bertz CT molecular complexity index is 1260. The van der Waals surface area contributed by atoms with E-state index in [1.165, 1.54) is 22.3 Å². The maximum absolute atomic E-state index is 13.2. The molecule has 9 nitrogen and oxygen atoms in total. The Labute approximate surface area is 231 Å². The molecule has 0 saturated carbocycles. The summed E-state index contributed by atoms with van der Waals surface area (Å²) < 4.78 is 6.22. The SMILES string of the molecule is Cc1ccc2c(c1)CCc1cc(Br)cnc1C2N1CCN(C(=O)CC2CCN(c3nc(N)no3)CC2)CC1. The summed E-state index contributed by atoms with van der Waals surface area (Å²) in [7, 11) is 0. The molecule has 1 atom stereocenters. The van der Waals surface area contributed by atoms with Crippen molar-refractivity contribution in [2.45, 2.75) is 45.1 Å². The molecule has 4 heterocycles. The lowest BCUT2D eigenvalue weighted by atomic mass is 9.92. The van der Waals surface area contributed by atoms with Crippen LogP contribution in [0.15, 0.2) is 39.5 Å². The average Bonchev–Trinajstić information content (AvgIpc) is 3.29. The molecule has 0 radical (unpaired) electrons. The normalized spacial score (nSPS) is 20.6. The molecule has 3 aromatic rings. The van der Waals surface area contributed by atoms with Crippen molar-refractivity contribution in [1.82, 2.24) is 24.9 Å². The molecule has 6 rings (SSSR count). The maximum Gasteiger partial charge on any atom is 0.325 e. The summed E-state index contributed by atoms with van der Waals surface area (Å²) in [5, 5.41) is 3.68. The lowest BCUT2D eigenvalue weighted by Crippen LogP contribution is -2.50. The Hall–Kier alpha value is -2.98.